The third-order valence-electron chi connectivity index (χ3n) is 2.43. The minimum absolute atomic E-state index is 0.139. The molecular formula is C13H8ClFN2O2. The van der Waals surface area contributed by atoms with Crippen LogP contribution in [0.5, 0.6) is 5.75 Å². The van der Waals surface area contributed by atoms with E-state index in [9.17, 15) is 4.39 Å². The highest BCUT2D eigenvalue weighted by Crippen LogP contribution is 2.18. The Labute approximate surface area is 112 Å². The Morgan fingerprint density at radius 1 is 1.26 bits per heavy atom. The first-order chi connectivity index (χ1) is 9.20. The van der Waals surface area contributed by atoms with E-state index < -0.39 is 5.82 Å². The van der Waals surface area contributed by atoms with Gasteiger partial charge in [-0.15, -0.1) is 0 Å². The van der Waals surface area contributed by atoms with Gasteiger partial charge in [0.1, 0.15) is 17.1 Å². The van der Waals surface area contributed by atoms with Crippen LogP contribution in [-0.4, -0.2) is 9.97 Å². The number of rotatable bonds is 3. The van der Waals surface area contributed by atoms with Gasteiger partial charge in [0, 0.05) is 11.1 Å². The second kappa shape index (κ2) is 4.85. The average molecular weight is 279 g/mol. The number of hydrogen-bond acceptors (Lipinski definition) is 4. The first-order valence-electron chi connectivity index (χ1n) is 5.50. The topological polar surface area (TPSA) is 48.2 Å². The van der Waals surface area contributed by atoms with Crippen molar-refractivity contribution in [3.8, 4) is 5.75 Å². The Morgan fingerprint density at radius 3 is 2.84 bits per heavy atom. The lowest BCUT2D eigenvalue weighted by Gasteiger charge is -2.02. The molecule has 4 nitrogen and oxygen atoms in total. The van der Waals surface area contributed by atoms with Crippen LogP contribution in [0, 0.1) is 5.82 Å². The van der Waals surface area contributed by atoms with Gasteiger partial charge in [0.05, 0.1) is 6.20 Å². The van der Waals surface area contributed by atoms with Gasteiger partial charge in [-0.1, -0.05) is 11.6 Å². The normalized spacial score (nSPS) is 10.8. The average Bonchev–Trinajstić information content (AvgIpc) is 2.80. The summed E-state index contributed by atoms with van der Waals surface area (Å²) < 4.78 is 23.7. The van der Waals surface area contributed by atoms with Gasteiger partial charge in [-0.2, -0.15) is 0 Å². The van der Waals surface area contributed by atoms with E-state index in [1.54, 1.807) is 24.3 Å². The van der Waals surface area contributed by atoms with E-state index in [0.717, 1.165) is 6.20 Å². The first-order valence-corrected chi connectivity index (χ1v) is 5.88. The monoisotopic (exact) mass is 278 g/mol. The maximum Gasteiger partial charge on any atom is 0.247 e. The number of pyridine rings is 1. The van der Waals surface area contributed by atoms with Crippen molar-refractivity contribution in [1.29, 1.82) is 0 Å². The standard InChI is InChI=1S/C13H8ClFN2O2/c14-8-1-3-10(4-2-8)18-7-12-17-11-5-9(15)6-16-13(11)19-12/h1-6H,7H2. The third kappa shape index (κ3) is 2.66. The molecule has 3 rings (SSSR count). The van der Waals surface area contributed by atoms with E-state index in [4.69, 9.17) is 20.8 Å². The number of aromatic nitrogens is 2. The molecule has 0 saturated heterocycles. The molecule has 0 aliphatic carbocycles. The SMILES string of the molecule is Fc1cnc2oc(COc3ccc(Cl)cc3)nc2c1. The Hall–Kier alpha value is -2.14. The van der Waals surface area contributed by atoms with Gasteiger partial charge in [0.15, 0.2) is 6.61 Å². The highest BCUT2D eigenvalue weighted by Gasteiger charge is 2.08. The number of benzene rings is 1. The van der Waals surface area contributed by atoms with Crippen LogP contribution in [0.1, 0.15) is 5.89 Å². The zero-order valence-corrected chi connectivity index (χ0v) is 10.4. The van der Waals surface area contributed by atoms with Crippen molar-refractivity contribution in [2.75, 3.05) is 0 Å². The predicted molar refractivity (Wildman–Crippen MR) is 67.5 cm³/mol. The Balaban J connectivity index is 1.76. The molecule has 0 saturated carbocycles. The largest absolute Gasteiger partial charge is 0.484 e. The van der Waals surface area contributed by atoms with Crippen LogP contribution in [0.3, 0.4) is 0 Å². The van der Waals surface area contributed by atoms with E-state index in [2.05, 4.69) is 9.97 Å². The fourth-order valence-electron chi connectivity index (χ4n) is 1.58. The van der Waals surface area contributed by atoms with Crippen molar-refractivity contribution in [1.82, 2.24) is 9.97 Å². The van der Waals surface area contributed by atoms with Crippen molar-refractivity contribution in [2.45, 2.75) is 6.61 Å². The van der Waals surface area contributed by atoms with Crippen molar-refractivity contribution < 1.29 is 13.5 Å². The molecule has 0 fully saturated rings. The molecule has 0 aliphatic rings. The summed E-state index contributed by atoms with van der Waals surface area (Å²) in [6, 6.07) is 8.18. The molecule has 0 N–H and O–H groups in total. The minimum Gasteiger partial charge on any atom is -0.484 e. The maximum absolute atomic E-state index is 12.9. The predicted octanol–water partition coefficient (Wildman–Crippen LogP) is 3.59. The lowest BCUT2D eigenvalue weighted by molar-refractivity contribution is 0.266. The highest BCUT2D eigenvalue weighted by molar-refractivity contribution is 6.30. The van der Waals surface area contributed by atoms with Crippen LogP contribution in [0.15, 0.2) is 40.9 Å². The number of hydrogen-bond donors (Lipinski definition) is 0. The van der Waals surface area contributed by atoms with Crippen LogP contribution < -0.4 is 4.74 Å². The molecule has 1 aromatic carbocycles. The quantitative estimate of drug-likeness (QED) is 0.734. The Kier molecular flexibility index (Phi) is 3.05. The zero-order chi connectivity index (χ0) is 13.2. The Morgan fingerprint density at radius 2 is 2.05 bits per heavy atom. The van der Waals surface area contributed by atoms with E-state index in [1.807, 2.05) is 0 Å². The fraction of sp³-hybridized carbons (Fsp3) is 0.0769. The summed E-state index contributed by atoms with van der Waals surface area (Å²) in [5.74, 6) is 0.528. The zero-order valence-electron chi connectivity index (χ0n) is 9.64. The fourth-order valence-corrected chi connectivity index (χ4v) is 1.71. The molecule has 0 aliphatic heterocycles. The van der Waals surface area contributed by atoms with Gasteiger partial charge in [-0.3, -0.25) is 0 Å². The smallest absolute Gasteiger partial charge is 0.247 e. The van der Waals surface area contributed by atoms with Gasteiger partial charge < -0.3 is 9.15 Å². The number of fused-ring (bicyclic) bond motifs is 1. The number of nitrogens with zero attached hydrogens (tertiary/aromatic N) is 2. The van der Waals surface area contributed by atoms with E-state index in [0.29, 0.717) is 22.2 Å². The molecule has 0 radical (unpaired) electrons. The number of halogens is 2. The molecule has 6 heteroatoms. The molecule has 2 heterocycles. The van der Waals surface area contributed by atoms with Gasteiger partial charge >= 0.3 is 0 Å². The molecule has 0 amide bonds. The van der Waals surface area contributed by atoms with E-state index >= 15 is 0 Å². The summed E-state index contributed by atoms with van der Waals surface area (Å²) in [7, 11) is 0. The van der Waals surface area contributed by atoms with Crippen LogP contribution in [0.2, 0.25) is 5.02 Å². The maximum atomic E-state index is 12.9. The lowest BCUT2D eigenvalue weighted by Crippen LogP contribution is -1.94. The summed E-state index contributed by atoms with van der Waals surface area (Å²) in [5.41, 5.74) is 0.658. The number of oxazole rings is 1. The Bertz CT molecular complexity index is 712. The third-order valence-corrected chi connectivity index (χ3v) is 2.69. The molecule has 96 valence electrons. The summed E-state index contributed by atoms with van der Waals surface area (Å²) in [5, 5.41) is 0.633. The van der Waals surface area contributed by atoms with Gasteiger partial charge in [-0.05, 0) is 24.3 Å². The summed E-state index contributed by atoms with van der Waals surface area (Å²) in [4.78, 5) is 7.88. The summed E-state index contributed by atoms with van der Waals surface area (Å²) in [6.07, 6.45) is 1.08. The van der Waals surface area contributed by atoms with E-state index in [-0.39, 0.29) is 12.3 Å². The second-order valence-electron chi connectivity index (χ2n) is 3.83. The second-order valence-corrected chi connectivity index (χ2v) is 4.26. The minimum atomic E-state index is -0.453. The number of ether oxygens (including phenoxy) is 1. The van der Waals surface area contributed by atoms with Crippen molar-refractivity contribution in [2.24, 2.45) is 0 Å². The van der Waals surface area contributed by atoms with Crippen molar-refractivity contribution in [3.63, 3.8) is 0 Å². The van der Waals surface area contributed by atoms with Gasteiger partial charge in [-0.25, -0.2) is 14.4 Å². The lowest BCUT2D eigenvalue weighted by atomic mass is 10.3. The van der Waals surface area contributed by atoms with Gasteiger partial charge in [0.2, 0.25) is 11.6 Å². The van der Waals surface area contributed by atoms with E-state index in [1.165, 1.54) is 6.07 Å². The highest BCUT2D eigenvalue weighted by atomic mass is 35.5. The molecule has 0 unspecified atom stereocenters. The molecular weight excluding hydrogens is 271 g/mol. The summed E-state index contributed by atoms with van der Waals surface area (Å²) >= 11 is 5.77. The van der Waals surface area contributed by atoms with Crippen LogP contribution in [0.25, 0.3) is 11.2 Å². The molecule has 3 aromatic rings. The molecule has 19 heavy (non-hydrogen) atoms. The van der Waals surface area contributed by atoms with Crippen LogP contribution in [-0.2, 0) is 6.61 Å². The molecule has 0 atom stereocenters. The molecule has 0 spiro atoms. The summed E-state index contributed by atoms with van der Waals surface area (Å²) in [6.45, 7) is 0.139. The van der Waals surface area contributed by atoms with Gasteiger partial charge in [0.25, 0.3) is 0 Å². The van der Waals surface area contributed by atoms with Crippen molar-refractivity contribution in [3.05, 3.63) is 53.3 Å². The van der Waals surface area contributed by atoms with Crippen LogP contribution in [0.4, 0.5) is 4.39 Å². The first kappa shape index (κ1) is 11.9. The molecule has 0 bridgehead atoms. The van der Waals surface area contributed by atoms with Crippen molar-refractivity contribution >= 4 is 22.8 Å². The molecule has 2 aromatic heterocycles. The van der Waals surface area contributed by atoms with Crippen LogP contribution >= 0.6 is 11.6 Å².